The topological polar surface area (TPSA) is 52.6 Å². The van der Waals surface area contributed by atoms with E-state index in [-0.39, 0.29) is 5.41 Å². The van der Waals surface area contributed by atoms with Crippen LogP contribution in [0.5, 0.6) is 0 Å². The molecule has 1 aliphatic rings. The zero-order valence-electron chi connectivity index (χ0n) is 19.0. The highest BCUT2D eigenvalue weighted by atomic mass is 15.2. The molecule has 2 heterocycles. The molecule has 2 N–H and O–H groups in total. The van der Waals surface area contributed by atoms with E-state index in [1.54, 1.807) is 0 Å². The van der Waals surface area contributed by atoms with Gasteiger partial charge >= 0.3 is 0 Å². The fourth-order valence-electron chi connectivity index (χ4n) is 3.75. The summed E-state index contributed by atoms with van der Waals surface area (Å²) in [5.41, 5.74) is 3.93. The Morgan fingerprint density at radius 3 is 2.43 bits per heavy atom. The smallest absolute Gasteiger partial charge is 0.191 e. The maximum absolute atomic E-state index is 4.83. The highest BCUT2D eigenvalue weighted by molar-refractivity contribution is 5.80. The van der Waals surface area contributed by atoms with Crippen LogP contribution >= 0.6 is 0 Å². The molecule has 0 radical (unpaired) electrons. The van der Waals surface area contributed by atoms with Gasteiger partial charge in [-0.05, 0) is 48.4 Å². The number of nitrogens with one attached hydrogen (secondary N) is 2. The van der Waals surface area contributed by atoms with Gasteiger partial charge in [-0.2, -0.15) is 0 Å². The number of hydrogen-bond donors (Lipinski definition) is 2. The van der Waals surface area contributed by atoms with Crippen molar-refractivity contribution in [3.05, 3.63) is 65.5 Å². The summed E-state index contributed by atoms with van der Waals surface area (Å²) >= 11 is 0. The molecule has 1 saturated heterocycles. The van der Waals surface area contributed by atoms with E-state index in [9.17, 15) is 0 Å². The molecule has 1 aromatic heterocycles. The van der Waals surface area contributed by atoms with Gasteiger partial charge in [0.15, 0.2) is 5.96 Å². The van der Waals surface area contributed by atoms with Gasteiger partial charge < -0.3 is 10.6 Å². The van der Waals surface area contributed by atoms with Crippen molar-refractivity contribution >= 4 is 5.96 Å². The monoisotopic (exact) mass is 407 g/mol. The Balaban J connectivity index is 1.50. The molecule has 3 rings (SSSR count). The van der Waals surface area contributed by atoms with Gasteiger partial charge in [0.2, 0.25) is 0 Å². The van der Waals surface area contributed by atoms with E-state index in [1.807, 2.05) is 12.3 Å². The lowest BCUT2D eigenvalue weighted by molar-refractivity contribution is 0.196. The van der Waals surface area contributed by atoms with Gasteiger partial charge in [-0.1, -0.05) is 51.1 Å². The van der Waals surface area contributed by atoms with Crippen molar-refractivity contribution in [2.75, 3.05) is 19.6 Å². The number of benzene rings is 1. The van der Waals surface area contributed by atoms with Crippen LogP contribution < -0.4 is 10.6 Å². The fraction of sp³-hybridized carbons (Fsp3) is 0.520. The Hall–Kier alpha value is -2.40. The van der Waals surface area contributed by atoms with Crippen LogP contribution in [0.25, 0.3) is 0 Å². The molecule has 1 aliphatic heterocycles. The van der Waals surface area contributed by atoms with Gasteiger partial charge in [-0.25, -0.2) is 4.99 Å². The first-order chi connectivity index (χ1) is 14.4. The third-order valence-corrected chi connectivity index (χ3v) is 5.62. The average Bonchev–Trinajstić information content (AvgIpc) is 2.74. The number of aliphatic imine (C=N–C) groups is 1. The van der Waals surface area contributed by atoms with Crippen molar-refractivity contribution in [3.63, 3.8) is 0 Å². The molecule has 162 valence electrons. The molecular weight excluding hydrogens is 370 g/mol. The van der Waals surface area contributed by atoms with E-state index >= 15 is 0 Å². The molecule has 0 atom stereocenters. The molecule has 0 amide bonds. The average molecular weight is 408 g/mol. The van der Waals surface area contributed by atoms with E-state index in [2.05, 4.69) is 84.6 Å². The number of guanidine groups is 1. The number of piperidine rings is 1. The summed E-state index contributed by atoms with van der Waals surface area (Å²) in [6.07, 6.45) is 4.12. The third-order valence-electron chi connectivity index (χ3n) is 5.62. The highest BCUT2D eigenvalue weighted by Crippen LogP contribution is 2.22. The van der Waals surface area contributed by atoms with Crippen molar-refractivity contribution < 1.29 is 0 Å². The molecule has 5 heteroatoms. The molecular formula is C25H37N5. The minimum atomic E-state index is 0.184. The first-order valence-electron chi connectivity index (χ1n) is 11.2. The quantitative estimate of drug-likeness (QED) is 0.559. The molecule has 1 fully saturated rings. The lowest BCUT2D eigenvalue weighted by atomic mass is 9.87. The molecule has 0 saturated carbocycles. The summed E-state index contributed by atoms with van der Waals surface area (Å²) < 4.78 is 0. The zero-order valence-corrected chi connectivity index (χ0v) is 19.0. The van der Waals surface area contributed by atoms with Crippen LogP contribution in [0.4, 0.5) is 0 Å². The summed E-state index contributed by atoms with van der Waals surface area (Å²) in [5.74, 6) is 0.917. The van der Waals surface area contributed by atoms with E-state index in [1.165, 1.54) is 11.1 Å². The van der Waals surface area contributed by atoms with Gasteiger partial charge in [0.1, 0.15) is 0 Å². The summed E-state index contributed by atoms with van der Waals surface area (Å²) in [5, 5.41) is 7.05. The number of hydrogen-bond acceptors (Lipinski definition) is 3. The summed E-state index contributed by atoms with van der Waals surface area (Å²) in [4.78, 5) is 11.8. The minimum Gasteiger partial charge on any atom is -0.357 e. The first-order valence-corrected chi connectivity index (χ1v) is 11.2. The van der Waals surface area contributed by atoms with Gasteiger partial charge in [0.05, 0.1) is 12.2 Å². The van der Waals surface area contributed by atoms with Crippen LogP contribution in [0, 0.1) is 0 Å². The Morgan fingerprint density at radius 1 is 1.10 bits per heavy atom. The summed E-state index contributed by atoms with van der Waals surface area (Å²) in [6, 6.07) is 15.4. The Kier molecular flexibility index (Phi) is 7.86. The summed E-state index contributed by atoms with van der Waals surface area (Å²) in [6.45, 7) is 13.5. The number of rotatable bonds is 6. The number of aromatic nitrogens is 1. The van der Waals surface area contributed by atoms with Crippen LogP contribution in [0.3, 0.4) is 0 Å². The van der Waals surface area contributed by atoms with Crippen LogP contribution in [0.2, 0.25) is 0 Å². The van der Waals surface area contributed by atoms with Crippen LogP contribution in [-0.4, -0.2) is 41.5 Å². The standard InChI is InChI=1S/C25H37N5/c1-5-26-24(28-18-20-9-11-21(12-10-20)25(2,3)4)29-22-13-16-30(17-14-22)19-23-8-6-7-15-27-23/h6-12,15,22H,5,13-14,16-19H2,1-4H3,(H2,26,28,29). The lowest BCUT2D eigenvalue weighted by Gasteiger charge is -2.32. The number of nitrogens with zero attached hydrogens (tertiary/aromatic N) is 3. The predicted octanol–water partition coefficient (Wildman–Crippen LogP) is 4.10. The van der Waals surface area contributed by atoms with E-state index in [0.29, 0.717) is 12.6 Å². The van der Waals surface area contributed by atoms with Gasteiger partial charge in [-0.3, -0.25) is 9.88 Å². The van der Waals surface area contributed by atoms with Crippen LogP contribution in [-0.2, 0) is 18.5 Å². The van der Waals surface area contributed by atoms with Gasteiger partial charge in [-0.15, -0.1) is 0 Å². The van der Waals surface area contributed by atoms with Crippen molar-refractivity contribution in [2.24, 2.45) is 4.99 Å². The number of pyridine rings is 1. The number of likely N-dealkylation sites (tertiary alicyclic amines) is 1. The van der Waals surface area contributed by atoms with Crippen LogP contribution in [0.1, 0.15) is 57.4 Å². The fourth-order valence-corrected chi connectivity index (χ4v) is 3.75. The molecule has 5 nitrogen and oxygen atoms in total. The van der Waals surface area contributed by atoms with E-state index in [4.69, 9.17) is 4.99 Å². The molecule has 0 aliphatic carbocycles. The van der Waals surface area contributed by atoms with Gasteiger partial charge in [0, 0.05) is 38.4 Å². The van der Waals surface area contributed by atoms with E-state index < -0.39 is 0 Å². The largest absolute Gasteiger partial charge is 0.357 e. The highest BCUT2D eigenvalue weighted by Gasteiger charge is 2.20. The lowest BCUT2D eigenvalue weighted by Crippen LogP contribution is -2.48. The van der Waals surface area contributed by atoms with Crippen molar-refractivity contribution in [1.82, 2.24) is 20.5 Å². The second-order valence-corrected chi connectivity index (χ2v) is 9.16. The van der Waals surface area contributed by atoms with Crippen molar-refractivity contribution in [2.45, 2.75) is 65.1 Å². The Morgan fingerprint density at radius 2 is 1.83 bits per heavy atom. The van der Waals surface area contributed by atoms with Gasteiger partial charge in [0.25, 0.3) is 0 Å². The molecule has 0 unspecified atom stereocenters. The SMILES string of the molecule is CCNC(=NCc1ccc(C(C)(C)C)cc1)NC1CCN(Cc2ccccn2)CC1. The van der Waals surface area contributed by atoms with E-state index in [0.717, 1.165) is 50.7 Å². The Labute approximate surface area is 182 Å². The Bertz CT molecular complexity index is 785. The maximum Gasteiger partial charge on any atom is 0.191 e. The minimum absolute atomic E-state index is 0.184. The second-order valence-electron chi connectivity index (χ2n) is 9.16. The van der Waals surface area contributed by atoms with Crippen LogP contribution in [0.15, 0.2) is 53.7 Å². The molecule has 30 heavy (non-hydrogen) atoms. The molecule has 2 aromatic rings. The van der Waals surface area contributed by atoms with Crippen molar-refractivity contribution in [1.29, 1.82) is 0 Å². The molecule has 0 bridgehead atoms. The normalized spacial score (nSPS) is 16.5. The third kappa shape index (κ3) is 6.84. The molecule has 1 aromatic carbocycles. The second kappa shape index (κ2) is 10.6. The predicted molar refractivity (Wildman–Crippen MR) is 126 cm³/mol. The first kappa shape index (κ1) is 22.3. The molecule has 0 spiro atoms. The zero-order chi connectivity index (χ0) is 21.4. The maximum atomic E-state index is 4.83. The summed E-state index contributed by atoms with van der Waals surface area (Å²) in [7, 11) is 0. The van der Waals surface area contributed by atoms with Crippen molar-refractivity contribution in [3.8, 4) is 0 Å².